The van der Waals surface area contributed by atoms with Crippen LogP contribution >= 0.6 is 11.8 Å². The number of hydrogen-bond donors (Lipinski definition) is 0. The third-order valence-electron chi connectivity index (χ3n) is 20.1. The summed E-state index contributed by atoms with van der Waals surface area (Å²) in [6, 6.07) is 2.78. The molecule has 2 heterocycles. The highest BCUT2D eigenvalue weighted by Gasteiger charge is 2.58. The normalized spacial score (nSPS) is 53.3. The Morgan fingerprint density at radius 3 is 1.96 bits per heavy atom. The fourth-order valence-electron chi connectivity index (χ4n) is 18.3. The second-order valence-corrected chi connectivity index (χ2v) is 23.3. The molecule has 0 aromatic carbocycles. The molecule has 284 valence electrons. The summed E-state index contributed by atoms with van der Waals surface area (Å²) in [6.45, 7) is 0. The Morgan fingerprint density at radius 1 is 0.431 bits per heavy atom. The second kappa shape index (κ2) is 14.5. The van der Waals surface area contributed by atoms with Gasteiger partial charge < -0.3 is 0 Å². The maximum absolute atomic E-state index is 3.29. The third-order valence-corrected chi connectivity index (χ3v) is 22.0. The van der Waals surface area contributed by atoms with Crippen LogP contribution in [0.15, 0.2) is 11.6 Å². The lowest BCUT2D eigenvalue weighted by atomic mass is 9.61. The van der Waals surface area contributed by atoms with E-state index in [1.807, 2.05) is 5.57 Å². The minimum absolute atomic E-state index is 0.903. The minimum atomic E-state index is 0.903. The summed E-state index contributed by atoms with van der Waals surface area (Å²) in [5.41, 5.74) is 2.02. The third kappa shape index (κ3) is 6.06. The van der Waals surface area contributed by atoms with Crippen LogP contribution in [-0.4, -0.2) is 33.5 Å². The Hall–Kier alpha value is 0.0500. The van der Waals surface area contributed by atoms with E-state index in [-0.39, 0.29) is 0 Å². The summed E-state index contributed by atoms with van der Waals surface area (Å²) in [7, 11) is 0. The Morgan fingerprint density at radius 2 is 1.10 bits per heavy atom. The molecule has 8 saturated carbocycles. The van der Waals surface area contributed by atoms with E-state index >= 15 is 0 Å². The lowest BCUT2D eigenvalue weighted by Gasteiger charge is -2.45. The summed E-state index contributed by atoms with van der Waals surface area (Å²) in [5.74, 6) is 14.0. The van der Waals surface area contributed by atoms with Crippen molar-refractivity contribution < 1.29 is 0 Å². The first kappa shape index (κ1) is 34.3. The number of rotatable bonds is 4. The van der Waals surface area contributed by atoms with Gasteiger partial charge in [-0.25, -0.2) is 0 Å². The molecule has 2 aliphatic heterocycles. The molecule has 9 aliphatic carbocycles. The SMILES string of the molecule is C1=C(C2CCC3C(C2)C2CCCCC2C3C2CCC3SC4CCCCC4C3C2)CC2C3CCCCC3N(C3CCC(C4CCCCC4)CC3)C2C1. The van der Waals surface area contributed by atoms with Crippen LogP contribution in [0.2, 0.25) is 0 Å². The molecule has 51 heavy (non-hydrogen) atoms. The first-order chi connectivity index (χ1) is 25.3. The van der Waals surface area contributed by atoms with Crippen molar-refractivity contribution in [2.24, 2.45) is 76.9 Å². The summed E-state index contributed by atoms with van der Waals surface area (Å²) in [6.07, 6.45) is 48.3. The number of likely N-dealkylation sites (tertiary alicyclic amines) is 1. The highest BCUT2D eigenvalue weighted by Crippen LogP contribution is 2.65. The molecule has 1 nitrogen and oxygen atoms in total. The maximum atomic E-state index is 3.29. The van der Waals surface area contributed by atoms with Crippen molar-refractivity contribution >= 4 is 11.8 Å². The number of fused-ring (bicyclic) bond motifs is 9. The van der Waals surface area contributed by atoms with Gasteiger partial charge in [-0.15, -0.1) is 0 Å². The van der Waals surface area contributed by atoms with Crippen LogP contribution in [0, 0.1) is 76.9 Å². The zero-order chi connectivity index (χ0) is 33.5. The lowest BCUT2D eigenvalue weighted by molar-refractivity contribution is 0.0507. The van der Waals surface area contributed by atoms with E-state index in [4.69, 9.17) is 0 Å². The smallest absolute Gasteiger partial charge is 0.0170 e. The molecule has 11 aliphatic rings. The van der Waals surface area contributed by atoms with Crippen molar-refractivity contribution in [1.82, 2.24) is 4.90 Å². The van der Waals surface area contributed by atoms with Crippen LogP contribution in [-0.2, 0) is 0 Å². The average Bonchev–Trinajstić information content (AvgIpc) is 3.85. The number of thioether (sulfide) groups is 1. The summed E-state index contributed by atoms with van der Waals surface area (Å²) >= 11 is 2.50. The summed E-state index contributed by atoms with van der Waals surface area (Å²) in [5, 5.41) is 2.11. The van der Waals surface area contributed by atoms with Crippen molar-refractivity contribution in [1.29, 1.82) is 0 Å². The summed E-state index contributed by atoms with van der Waals surface area (Å²) < 4.78 is 0. The fourth-order valence-corrected chi connectivity index (χ4v) is 20.3. The molecular weight excluding hydrogens is 635 g/mol. The van der Waals surface area contributed by atoms with E-state index in [1.54, 1.807) is 128 Å². The van der Waals surface area contributed by atoms with Gasteiger partial charge in [0.2, 0.25) is 0 Å². The first-order valence-electron chi connectivity index (χ1n) is 24.4. The van der Waals surface area contributed by atoms with Gasteiger partial charge in [-0.3, -0.25) is 4.90 Å². The molecule has 15 atom stereocenters. The molecule has 2 saturated heterocycles. The monoisotopic (exact) mass is 712 g/mol. The Kier molecular flexibility index (Phi) is 9.77. The standard InChI is InChI=1S/C49H77NS/c1-2-10-31(11-3-1)32-18-23-36(24-19-32)50-45-16-8-6-13-38(45)43-29-34(21-26-46(43)50)33-20-25-41-42(28-33)37-12-4-5-15-40(37)49(41)35-22-27-48-44(30-35)39-14-7-9-17-47(39)51-48/h21,31-33,35-49H,1-20,22-30H2. The molecule has 0 spiro atoms. The molecular formula is C49H77NS. The molecule has 15 unspecified atom stereocenters. The van der Waals surface area contributed by atoms with Crippen molar-refractivity contribution in [3.05, 3.63) is 11.6 Å². The Labute approximate surface area is 318 Å². The molecule has 0 N–H and O–H groups in total. The molecule has 0 bridgehead atoms. The van der Waals surface area contributed by atoms with Gasteiger partial charge in [-0.2, -0.15) is 11.8 Å². The highest BCUT2D eigenvalue weighted by molar-refractivity contribution is 8.00. The highest BCUT2D eigenvalue weighted by atomic mass is 32.2. The van der Waals surface area contributed by atoms with E-state index in [9.17, 15) is 0 Å². The van der Waals surface area contributed by atoms with Gasteiger partial charge in [-0.05, 0) is 193 Å². The zero-order valence-corrected chi connectivity index (χ0v) is 33.6. The van der Waals surface area contributed by atoms with Crippen LogP contribution in [0.4, 0.5) is 0 Å². The van der Waals surface area contributed by atoms with Gasteiger partial charge in [0.1, 0.15) is 0 Å². The Bertz CT molecular complexity index is 1240. The van der Waals surface area contributed by atoms with Crippen LogP contribution in [0.5, 0.6) is 0 Å². The molecule has 2 heteroatoms. The molecule has 0 radical (unpaired) electrons. The van der Waals surface area contributed by atoms with E-state index in [1.165, 1.54) is 57.8 Å². The van der Waals surface area contributed by atoms with Crippen LogP contribution in [0.3, 0.4) is 0 Å². The van der Waals surface area contributed by atoms with E-state index < -0.39 is 0 Å². The predicted octanol–water partition coefficient (Wildman–Crippen LogP) is 13.3. The minimum Gasteiger partial charge on any atom is -0.294 e. The number of hydrogen-bond acceptors (Lipinski definition) is 2. The van der Waals surface area contributed by atoms with E-state index in [0.717, 1.165) is 106 Å². The fraction of sp³-hybridized carbons (Fsp3) is 0.959. The van der Waals surface area contributed by atoms with Gasteiger partial charge in [0.25, 0.3) is 0 Å². The molecule has 11 rings (SSSR count). The second-order valence-electron chi connectivity index (χ2n) is 21.8. The van der Waals surface area contributed by atoms with Gasteiger partial charge in [-0.1, -0.05) is 82.3 Å². The Balaban J connectivity index is 0.780. The van der Waals surface area contributed by atoms with Crippen LogP contribution < -0.4 is 0 Å². The molecule has 0 aromatic heterocycles. The van der Waals surface area contributed by atoms with Gasteiger partial charge >= 0.3 is 0 Å². The van der Waals surface area contributed by atoms with Crippen molar-refractivity contribution in [3.8, 4) is 0 Å². The van der Waals surface area contributed by atoms with Crippen LogP contribution in [0.25, 0.3) is 0 Å². The van der Waals surface area contributed by atoms with Crippen molar-refractivity contribution in [2.45, 2.75) is 215 Å². The number of allylic oxidation sites excluding steroid dienone is 1. The molecule has 0 amide bonds. The largest absolute Gasteiger partial charge is 0.294 e. The zero-order valence-electron chi connectivity index (χ0n) is 32.8. The van der Waals surface area contributed by atoms with Gasteiger partial charge in [0, 0.05) is 28.6 Å². The van der Waals surface area contributed by atoms with Crippen molar-refractivity contribution in [2.75, 3.05) is 0 Å². The van der Waals surface area contributed by atoms with E-state index in [2.05, 4.69) is 22.7 Å². The number of nitrogens with zero attached hydrogens (tertiary/aromatic N) is 1. The van der Waals surface area contributed by atoms with Gasteiger partial charge in [0.05, 0.1) is 0 Å². The average molecular weight is 712 g/mol. The van der Waals surface area contributed by atoms with Crippen molar-refractivity contribution in [3.63, 3.8) is 0 Å². The lowest BCUT2D eigenvalue weighted by Crippen LogP contribution is -2.48. The topological polar surface area (TPSA) is 3.24 Å². The molecule has 0 aromatic rings. The van der Waals surface area contributed by atoms with Gasteiger partial charge in [0.15, 0.2) is 0 Å². The summed E-state index contributed by atoms with van der Waals surface area (Å²) in [4.78, 5) is 3.29. The quantitative estimate of drug-likeness (QED) is 0.267. The van der Waals surface area contributed by atoms with E-state index in [0.29, 0.717) is 0 Å². The van der Waals surface area contributed by atoms with Crippen LogP contribution in [0.1, 0.15) is 186 Å². The molecule has 10 fully saturated rings. The first-order valence-corrected chi connectivity index (χ1v) is 25.3. The predicted molar refractivity (Wildman–Crippen MR) is 216 cm³/mol. The maximum Gasteiger partial charge on any atom is 0.0170 e.